The Hall–Kier alpha value is -7.27. The van der Waals surface area contributed by atoms with Crippen LogP contribution in [0.5, 0.6) is 23.0 Å². The van der Waals surface area contributed by atoms with E-state index in [0.29, 0.717) is 97.9 Å². The van der Waals surface area contributed by atoms with Crippen LogP contribution in [-0.2, 0) is 49.8 Å². The number of amides is 2. The fourth-order valence-corrected chi connectivity index (χ4v) is 8.96. The van der Waals surface area contributed by atoms with Crippen molar-refractivity contribution in [2.24, 2.45) is 9.98 Å². The van der Waals surface area contributed by atoms with Crippen LogP contribution in [0.4, 0.5) is 28.4 Å². The number of carbonyl (C=O) groups is 3. The average Bonchev–Trinajstić information content (AvgIpc) is 3.87. The Morgan fingerprint density at radius 1 is 0.609 bits per heavy atom. The molecular formula is C53H55N5O11. The van der Waals surface area contributed by atoms with Crippen molar-refractivity contribution in [1.82, 2.24) is 0 Å². The van der Waals surface area contributed by atoms with E-state index in [2.05, 4.69) is 9.64 Å². The molecule has 9 rings (SSSR count). The Morgan fingerprint density at radius 3 is 1.58 bits per heavy atom. The highest BCUT2D eigenvalue weighted by Gasteiger charge is 2.38. The van der Waals surface area contributed by atoms with E-state index in [1.165, 1.54) is 7.11 Å². The first-order chi connectivity index (χ1) is 33.7. The molecule has 0 bridgehead atoms. The average molecular weight is 938 g/mol. The highest BCUT2D eigenvalue weighted by molar-refractivity contribution is 6.15. The van der Waals surface area contributed by atoms with Gasteiger partial charge in [0.15, 0.2) is 23.0 Å². The number of ether oxygens (including phenoxy) is 8. The fourth-order valence-electron chi connectivity index (χ4n) is 8.96. The number of likely N-dealkylation sites (N-methyl/N-ethyl adjacent to an activating group) is 1. The summed E-state index contributed by atoms with van der Waals surface area (Å²) in [6.07, 6.45) is 5.25. The predicted molar refractivity (Wildman–Crippen MR) is 261 cm³/mol. The van der Waals surface area contributed by atoms with Crippen LogP contribution in [0.1, 0.15) is 49.4 Å². The number of carbonyl (C=O) groups excluding carboxylic acids is 3. The molecule has 0 spiro atoms. The summed E-state index contributed by atoms with van der Waals surface area (Å²) in [5, 5.41) is 0. The zero-order valence-electron chi connectivity index (χ0n) is 39.2. The second-order valence-electron chi connectivity index (χ2n) is 16.9. The third-order valence-corrected chi connectivity index (χ3v) is 12.5. The molecule has 0 unspecified atom stereocenters. The van der Waals surface area contributed by atoms with E-state index in [4.69, 9.17) is 43.1 Å². The van der Waals surface area contributed by atoms with Crippen LogP contribution in [0.15, 0.2) is 101 Å². The molecule has 358 valence electrons. The number of hydrogen-bond donors (Lipinski definition) is 0. The maximum Gasteiger partial charge on any atom is 0.307 e. The Bertz CT molecular complexity index is 2620. The summed E-state index contributed by atoms with van der Waals surface area (Å²) in [5.41, 5.74) is 8.46. The number of methoxy groups -OCH3 is 3. The molecule has 0 fully saturated rings. The minimum atomic E-state index is -0.313. The van der Waals surface area contributed by atoms with Gasteiger partial charge >= 0.3 is 5.97 Å². The second kappa shape index (κ2) is 21.4. The first-order valence-electron chi connectivity index (χ1n) is 23.0. The van der Waals surface area contributed by atoms with Crippen LogP contribution >= 0.6 is 0 Å². The molecule has 0 saturated heterocycles. The molecule has 0 radical (unpaired) electrons. The van der Waals surface area contributed by atoms with Gasteiger partial charge in [-0.3, -0.25) is 34.2 Å². The number of benzene rings is 5. The largest absolute Gasteiger partial charge is 0.493 e. The van der Waals surface area contributed by atoms with Crippen molar-refractivity contribution >= 4 is 58.6 Å². The lowest BCUT2D eigenvalue weighted by molar-refractivity contribution is -0.141. The number of nitrogens with zero attached hydrogens (tertiary/aromatic N) is 5. The van der Waals surface area contributed by atoms with E-state index in [-0.39, 0.29) is 56.1 Å². The van der Waals surface area contributed by atoms with E-state index < -0.39 is 0 Å². The number of fused-ring (bicyclic) bond motifs is 8. The van der Waals surface area contributed by atoms with Gasteiger partial charge in [0.25, 0.3) is 11.8 Å². The summed E-state index contributed by atoms with van der Waals surface area (Å²) in [4.78, 5) is 54.6. The Balaban J connectivity index is 0.903. The molecule has 5 aromatic rings. The van der Waals surface area contributed by atoms with Crippen molar-refractivity contribution in [2.45, 2.75) is 44.6 Å². The normalized spacial score (nSPS) is 16.1. The van der Waals surface area contributed by atoms with E-state index in [1.54, 1.807) is 48.3 Å². The van der Waals surface area contributed by atoms with Crippen LogP contribution < -0.4 is 33.6 Å². The molecule has 69 heavy (non-hydrogen) atoms. The maximum absolute atomic E-state index is 14.0. The Kier molecular flexibility index (Phi) is 14.5. The monoisotopic (exact) mass is 937 g/mol. The zero-order chi connectivity index (χ0) is 47.9. The predicted octanol–water partition coefficient (Wildman–Crippen LogP) is 7.49. The van der Waals surface area contributed by atoms with Crippen molar-refractivity contribution in [1.29, 1.82) is 0 Å². The highest BCUT2D eigenvalue weighted by atomic mass is 16.5. The number of aliphatic imine (C=N–C) groups is 2. The standard InChI is InChI=1S/C53H55N5O11/c1-56(14-16-66-18-20-67-19-17-65-15-13-51(59)64-4)38-22-34(32-68-49-28-43-41(26-47(49)62-2)52(60)57-39(30-54-43)24-36-9-5-7-11-45(36)57)21-35(23-38)33-69-50-29-44-42(27-48(50)63-3)53(61)58-40(31-55-44)25-37-10-6-8-12-46(37)58/h5-12,21-23,26-31,39-40H,13-20,24-25,32-33H2,1-4H3/t39-,40-/m0/s1. The molecule has 0 N–H and O–H groups in total. The van der Waals surface area contributed by atoms with Crippen LogP contribution in [0.2, 0.25) is 0 Å². The summed E-state index contributed by atoms with van der Waals surface area (Å²) >= 11 is 0. The van der Waals surface area contributed by atoms with E-state index in [9.17, 15) is 14.4 Å². The highest BCUT2D eigenvalue weighted by Crippen LogP contribution is 2.43. The lowest BCUT2D eigenvalue weighted by Gasteiger charge is -2.23. The molecule has 0 saturated carbocycles. The Morgan fingerprint density at radius 2 is 1.09 bits per heavy atom. The second-order valence-corrected chi connectivity index (χ2v) is 16.9. The first kappa shape index (κ1) is 46.8. The molecule has 16 nitrogen and oxygen atoms in total. The molecule has 2 atom stereocenters. The number of hydrogen-bond acceptors (Lipinski definition) is 14. The van der Waals surface area contributed by atoms with E-state index in [1.807, 2.05) is 86.2 Å². The molecule has 4 aliphatic heterocycles. The van der Waals surface area contributed by atoms with Gasteiger partial charge in [0.2, 0.25) is 0 Å². The van der Waals surface area contributed by atoms with Crippen LogP contribution in [0, 0.1) is 0 Å². The van der Waals surface area contributed by atoms with Crippen LogP contribution in [0.25, 0.3) is 0 Å². The first-order valence-corrected chi connectivity index (χ1v) is 23.0. The SMILES string of the molecule is COC(=O)CCOCCOCCOCCN(C)c1cc(COc2cc3c(cc2OC)C(=O)N2c4ccccc4C[C@H]2C=N3)cc(COc2cc3c(cc2OC)C(=O)N2c4ccccc4C[C@H]2C=N3)c1. The summed E-state index contributed by atoms with van der Waals surface area (Å²) in [6.45, 7) is 3.16. The molecule has 16 heteroatoms. The minimum absolute atomic E-state index is 0.145. The van der Waals surface area contributed by atoms with Crippen molar-refractivity contribution < 1.29 is 52.3 Å². The van der Waals surface area contributed by atoms with Gasteiger partial charge in [0.1, 0.15) is 13.2 Å². The van der Waals surface area contributed by atoms with Crippen molar-refractivity contribution in [3.05, 3.63) is 124 Å². The Labute approximate surface area is 400 Å². The molecule has 0 aromatic heterocycles. The quantitative estimate of drug-likeness (QED) is 0.0528. The summed E-state index contributed by atoms with van der Waals surface area (Å²) in [7, 11) is 6.44. The molecular weight excluding hydrogens is 883 g/mol. The van der Waals surface area contributed by atoms with Gasteiger partial charge in [-0.2, -0.15) is 0 Å². The lowest BCUT2D eigenvalue weighted by atomic mass is 10.1. The van der Waals surface area contributed by atoms with Crippen LogP contribution in [0.3, 0.4) is 0 Å². The third kappa shape index (κ3) is 10.3. The smallest absolute Gasteiger partial charge is 0.307 e. The van der Waals surface area contributed by atoms with Crippen molar-refractivity contribution in [3.63, 3.8) is 0 Å². The topological polar surface area (TPSA) is 159 Å². The lowest BCUT2D eigenvalue weighted by Crippen LogP contribution is -2.37. The van der Waals surface area contributed by atoms with Crippen LogP contribution in [-0.4, -0.2) is 117 Å². The number of rotatable bonds is 21. The summed E-state index contributed by atoms with van der Waals surface area (Å²) in [6, 6.07) is 28.5. The molecule has 0 aliphatic carbocycles. The fraction of sp³-hybridized carbons (Fsp3) is 0.340. The van der Waals surface area contributed by atoms with Gasteiger partial charge in [-0.25, -0.2) is 0 Å². The summed E-state index contributed by atoms with van der Waals surface area (Å²) < 4.78 is 46.1. The summed E-state index contributed by atoms with van der Waals surface area (Å²) in [5.74, 6) is 1.10. The molecule has 4 heterocycles. The number of para-hydroxylation sites is 2. The third-order valence-electron chi connectivity index (χ3n) is 12.5. The van der Waals surface area contributed by atoms with Crippen molar-refractivity contribution in [2.75, 3.05) is 89.3 Å². The van der Waals surface area contributed by atoms with Gasteiger partial charge in [0, 0.05) is 68.1 Å². The van der Waals surface area contributed by atoms with Gasteiger partial charge in [-0.05, 0) is 64.7 Å². The van der Waals surface area contributed by atoms with Gasteiger partial charge < -0.3 is 42.8 Å². The minimum Gasteiger partial charge on any atom is -0.493 e. The van der Waals surface area contributed by atoms with Gasteiger partial charge in [0.05, 0.1) is 102 Å². The molecule has 4 aliphatic rings. The molecule has 2 amide bonds. The number of anilines is 3. The van der Waals surface area contributed by atoms with Gasteiger partial charge in [-0.1, -0.05) is 36.4 Å². The van der Waals surface area contributed by atoms with E-state index >= 15 is 0 Å². The number of esters is 1. The van der Waals surface area contributed by atoms with Gasteiger partial charge in [-0.15, -0.1) is 0 Å². The zero-order valence-corrected chi connectivity index (χ0v) is 39.2. The maximum atomic E-state index is 14.0. The van der Waals surface area contributed by atoms with Crippen molar-refractivity contribution in [3.8, 4) is 23.0 Å². The molecule has 5 aromatic carbocycles. The van der Waals surface area contributed by atoms with E-state index in [0.717, 1.165) is 39.3 Å².